The molecule has 10 heteroatoms. The van der Waals surface area contributed by atoms with Gasteiger partial charge in [-0.05, 0) is 93.5 Å². The van der Waals surface area contributed by atoms with Crippen molar-refractivity contribution >= 4 is 27.0 Å². The third kappa shape index (κ3) is 5.52. The van der Waals surface area contributed by atoms with E-state index in [9.17, 15) is 13.5 Å². The normalized spacial score (nSPS) is 19.9. The number of aliphatic hydroxyl groups excluding tert-OH is 1. The minimum absolute atomic E-state index is 0.0700. The minimum Gasteiger partial charge on any atom is -0.488 e. The highest BCUT2D eigenvalue weighted by molar-refractivity contribution is 7.89. The first-order valence-corrected chi connectivity index (χ1v) is 14.5. The van der Waals surface area contributed by atoms with Gasteiger partial charge in [0.2, 0.25) is 10.0 Å². The van der Waals surface area contributed by atoms with Crippen LogP contribution in [0.15, 0.2) is 65.8 Å². The lowest BCUT2D eigenvalue weighted by molar-refractivity contribution is 0.0667. The van der Waals surface area contributed by atoms with Crippen LogP contribution in [0.2, 0.25) is 0 Å². The fourth-order valence-corrected chi connectivity index (χ4v) is 6.09. The molecule has 3 heterocycles. The van der Waals surface area contributed by atoms with Crippen LogP contribution in [-0.2, 0) is 10.0 Å². The number of nitrogens with one attached hydrogen (secondary N) is 2. The molecule has 3 N–H and O–H groups in total. The summed E-state index contributed by atoms with van der Waals surface area (Å²) in [6.45, 7) is 1.96. The van der Waals surface area contributed by atoms with Crippen LogP contribution in [0.25, 0.3) is 16.6 Å². The van der Waals surface area contributed by atoms with Gasteiger partial charge in [0.25, 0.3) is 0 Å². The first-order valence-electron chi connectivity index (χ1n) is 13.0. The highest BCUT2D eigenvalue weighted by Gasteiger charge is 2.28. The summed E-state index contributed by atoms with van der Waals surface area (Å²) in [6, 6.07) is 14.8. The molecule has 6 rings (SSSR count). The Morgan fingerprint density at radius 1 is 1.00 bits per heavy atom. The largest absolute Gasteiger partial charge is 0.488 e. The highest BCUT2D eigenvalue weighted by atomic mass is 32.2. The van der Waals surface area contributed by atoms with Gasteiger partial charge in [-0.3, -0.25) is 4.98 Å². The standard InChI is InChI=1S/C28H31N5O4S/c1-18-14-26(27(17-29-18)37-24-8-6-23(34)7-9-24)19-12-13-33-22(15-19)16-28(31-33)30-20-4-10-25(11-5-20)38(35,36)32-21-2-3-21/h4-5,10-17,21,23-24,32,34H,2-3,6-9H2,1H3,(H,30,31). The topological polar surface area (TPSA) is 118 Å². The molecule has 0 radical (unpaired) electrons. The van der Waals surface area contributed by atoms with Crippen molar-refractivity contribution < 1.29 is 18.3 Å². The number of nitrogens with zero attached hydrogens (tertiary/aromatic N) is 3. The Morgan fingerprint density at radius 2 is 1.76 bits per heavy atom. The Balaban J connectivity index is 1.21. The van der Waals surface area contributed by atoms with Gasteiger partial charge in [0.05, 0.1) is 28.8 Å². The molecule has 2 aliphatic carbocycles. The van der Waals surface area contributed by atoms with Gasteiger partial charge in [-0.2, -0.15) is 5.10 Å². The predicted molar refractivity (Wildman–Crippen MR) is 145 cm³/mol. The first-order chi connectivity index (χ1) is 18.3. The number of aliphatic hydroxyl groups is 1. The van der Waals surface area contributed by atoms with Crippen LogP contribution in [0.1, 0.15) is 44.2 Å². The summed E-state index contributed by atoms with van der Waals surface area (Å²) in [6.07, 6.45) is 8.50. The van der Waals surface area contributed by atoms with E-state index in [0.717, 1.165) is 72.3 Å². The third-order valence-electron chi connectivity index (χ3n) is 7.05. The first kappa shape index (κ1) is 24.8. The molecule has 0 bridgehead atoms. The van der Waals surface area contributed by atoms with Crippen molar-refractivity contribution in [3.05, 3.63) is 66.6 Å². The maximum absolute atomic E-state index is 12.4. The lowest BCUT2D eigenvalue weighted by atomic mass is 9.95. The van der Waals surface area contributed by atoms with E-state index in [4.69, 9.17) is 4.74 Å². The average Bonchev–Trinajstić information content (AvgIpc) is 3.61. The number of sulfonamides is 1. The Morgan fingerprint density at radius 3 is 2.50 bits per heavy atom. The summed E-state index contributed by atoms with van der Waals surface area (Å²) < 4.78 is 35.7. The second-order valence-electron chi connectivity index (χ2n) is 10.2. The number of benzene rings is 1. The van der Waals surface area contributed by atoms with E-state index in [1.807, 2.05) is 31.3 Å². The van der Waals surface area contributed by atoms with Gasteiger partial charge >= 0.3 is 0 Å². The summed E-state index contributed by atoms with van der Waals surface area (Å²) in [5.74, 6) is 1.39. The molecular weight excluding hydrogens is 502 g/mol. The van der Waals surface area contributed by atoms with Crippen molar-refractivity contribution in [3.8, 4) is 16.9 Å². The molecule has 9 nitrogen and oxygen atoms in total. The molecule has 2 aliphatic rings. The van der Waals surface area contributed by atoms with Crippen LogP contribution in [0.5, 0.6) is 5.75 Å². The zero-order valence-electron chi connectivity index (χ0n) is 21.2. The van der Waals surface area contributed by atoms with Crippen molar-refractivity contribution in [2.24, 2.45) is 0 Å². The second kappa shape index (κ2) is 10.0. The van der Waals surface area contributed by atoms with E-state index < -0.39 is 10.0 Å². The smallest absolute Gasteiger partial charge is 0.240 e. The van der Waals surface area contributed by atoms with E-state index in [1.54, 1.807) is 35.0 Å². The molecule has 2 fully saturated rings. The molecule has 1 aromatic carbocycles. The average molecular weight is 534 g/mol. The van der Waals surface area contributed by atoms with E-state index in [1.165, 1.54) is 0 Å². The van der Waals surface area contributed by atoms with E-state index in [-0.39, 0.29) is 23.1 Å². The molecule has 0 atom stereocenters. The fourth-order valence-electron chi connectivity index (χ4n) is 4.79. The zero-order chi connectivity index (χ0) is 26.3. The molecule has 0 unspecified atom stereocenters. The van der Waals surface area contributed by atoms with Crippen molar-refractivity contribution in [2.45, 2.75) is 68.6 Å². The monoisotopic (exact) mass is 533 g/mol. The summed E-state index contributed by atoms with van der Waals surface area (Å²) in [4.78, 5) is 4.71. The summed E-state index contributed by atoms with van der Waals surface area (Å²) in [7, 11) is -3.48. The lowest BCUT2D eigenvalue weighted by Gasteiger charge is -2.27. The van der Waals surface area contributed by atoms with Crippen LogP contribution in [-0.4, -0.2) is 46.4 Å². The van der Waals surface area contributed by atoms with Gasteiger partial charge in [0.1, 0.15) is 5.75 Å². The van der Waals surface area contributed by atoms with E-state index in [2.05, 4.69) is 26.2 Å². The number of aromatic nitrogens is 3. The maximum Gasteiger partial charge on any atom is 0.240 e. The number of rotatable bonds is 8. The number of anilines is 2. The van der Waals surface area contributed by atoms with Gasteiger partial charge in [-0.1, -0.05) is 0 Å². The number of hydrogen-bond acceptors (Lipinski definition) is 7. The zero-order valence-corrected chi connectivity index (χ0v) is 22.0. The molecule has 38 heavy (non-hydrogen) atoms. The molecule has 4 aromatic rings. The van der Waals surface area contributed by atoms with E-state index >= 15 is 0 Å². The maximum atomic E-state index is 12.4. The SMILES string of the molecule is Cc1cc(-c2ccn3nc(Nc4ccc(S(=O)(=O)NC5CC5)cc4)cc3c2)c(OC2CCC(O)CC2)cn1. The third-order valence-corrected chi connectivity index (χ3v) is 8.59. The molecule has 2 saturated carbocycles. The minimum atomic E-state index is -3.48. The number of fused-ring (bicyclic) bond motifs is 1. The Hall–Kier alpha value is -3.47. The Bertz CT molecular complexity index is 1560. The van der Waals surface area contributed by atoms with E-state index in [0.29, 0.717) is 5.82 Å². The van der Waals surface area contributed by atoms with Crippen molar-refractivity contribution in [1.29, 1.82) is 0 Å². The summed E-state index contributed by atoms with van der Waals surface area (Å²) in [5, 5.41) is 17.7. The van der Waals surface area contributed by atoms with Crippen molar-refractivity contribution in [1.82, 2.24) is 19.3 Å². The molecule has 198 valence electrons. The summed E-state index contributed by atoms with van der Waals surface area (Å²) >= 11 is 0. The number of pyridine rings is 2. The fraction of sp³-hybridized carbons (Fsp3) is 0.357. The number of ether oxygens (including phenoxy) is 1. The van der Waals surface area contributed by atoms with Crippen LogP contribution in [0.4, 0.5) is 11.5 Å². The second-order valence-corrected chi connectivity index (χ2v) is 11.9. The van der Waals surface area contributed by atoms with Gasteiger partial charge < -0.3 is 15.2 Å². The highest BCUT2D eigenvalue weighted by Crippen LogP contribution is 2.34. The van der Waals surface area contributed by atoms with Crippen LogP contribution in [0.3, 0.4) is 0 Å². The quantitative estimate of drug-likeness (QED) is 0.304. The lowest BCUT2D eigenvalue weighted by Crippen LogP contribution is -2.26. The Kier molecular flexibility index (Phi) is 6.55. The van der Waals surface area contributed by atoms with Gasteiger partial charge in [-0.25, -0.2) is 17.7 Å². The molecular formula is C28H31N5O4S. The molecule has 0 spiro atoms. The molecule has 0 saturated heterocycles. The molecule has 0 aliphatic heterocycles. The number of hydrogen-bond donors (Lipinski definition) is 3. The van der Waals surface area contributed by atoms with Crippen molar-refractivity contribution in [3.63, 3.8) is 0 Å². The summed E-state index contributed by atoms with van der Waals surface area (Å²) in [5.41, 5.74) is 4.52. The molecule has 0 amide bonds. The van der Waals surface area contributed by atoms with Gasteiger partial charge in [0.15, 0.2) is 5.82 Å². The predicted octanol–water partition coefficient (Wildman–Crippen LogP) is 4.57. The van der Waals surface area contributed by atoms with Gasteiger partial charge in [0, 0.05) is 35.2 Å². The van der Waals surface area contributed by atoms with Crippen LogP contribution in [0, 0.1) is 6.92 Å². The Labute approximate surface area is 221 Å². The van der Waals surface area contributed by atoms with Crippen LogP contribution >= 0.6 is 0 Å². The number of aryl methyl sites for hydroxylation is 1. The molecule has 3 aromatic heterocycles. The van der Waals surface area contributed by atoms with Gasteiger partial charge in [-0.15, -0.1) is 0 Å². The van der Waals surface area contributed by atoms with Crippen LogP contribution < -0.4 is 14.8 Å². The van der Waals surface area contributed by atoms with Crippen molar-refractivity contribution in [2.75, 3.05) is 5.32 Å².